The zero-order chi connectivity index (χ0) is 46.4. The largest absolute Gasteiger partial charge is 0.496 e. The fourth-order valence-electron chi connectivity index (χ4n) is 10.2. The summed E-state index contributed by atoms with van der Waals surface area (Å²) < 4.78 is 14.2. The Balaban J connectivity index is 0.787. The Kier molecular flexibility index (Phi) is 12.0. The predicted molar refractivity (Wildman–Crippen MR) is 253 cm³/mol. The van der Waals surface area contributed by atoms with Gasteiger partial charge >= 0.3 is 0 Å². The maximum atomic E-state index is 13.5. The van der Waals surface area contributed by atoms with E-state index in [1.54, 1.807) is 37.1 Å². The van der Waals surface area contributed by atoms with Crippen molar-refractivity contribution in [3.05, 3.63) is 112 Å². The molecule has 10 rings (SSSR count). The SMILES string of the molecule is COc1cc(=O)n(C)cc1-c1ccc2nc(N3CCC(CN4CCN(C(=O)CNc5cccc6c5CN(C5CCC(=O)NC5=O)C6=O)CC4)CC3)nc(C(C)(OC3CC3)c3ccccc3)c2c1. The van der Waals surface area contributed by atoms with Crippen LogP contribution in [0.4, 0.5) is 11.6 Å². The molecule has 0 bridgehead atoms. The number of anilines is 2. The zero-order valence-corrected chi connectivity index (χ0v) is 38.3. The first-order valence-corrected chi connectivity index (χ1v) is 23.5. The minimum Gasteiger partial charge on any atom is -0.496 e. The number of methoxy groups -OCH3 is 1. The van der Waals surface area contributed by atoms with Gasteiger partial charge in [0.25, 0.3) is 11.5 Å². The topological polar surface area (TPSA) is 172 Å². The van der Waals surface area contributed by atoms with Crippen LogP contribution in [0.5, 0.6) is 5.75 Å². The number of piperidine rings is 2. The normalized spacial score (nSPS) is 20.2. The summed E-state index contributed by atoms with van der Waals surface area (Å²) >= 11 is 0. The van der Waals surface area contributed by atoms with Crippen molar-refractivity contribution in [3.63, 3.8) is 0 Å². The molecule has 1 aliphatic carbocycles. The highest BCUT2D eigenvalue weighted by molar-refractivity contribution is 6.06. The van der Waals surface area contributed by atoms with Crippen LogP contribution < -0.4 is 25.8 Å². The van der Waals surface area contributed by atoms with Gasteiger partial charge in [0.2, 0.25) is 23.7 Å². The van der Waals surface area contributed by atoms with Crippen LogP contribution in [-0.4, -0.2) is 124 Å². The highest BCUT2D eigenvalue weighted by Crippen LogP contribution is 2.43. The van der Waals surface area contributed by atoms with Crippen molar-refractivity contribution in [1.29, 1.82) is 0 Å². The van der Waals surface area contributed by atoms with Gasteiger partial charge in [0.05, 0.1) is 31.0 Å². The van der Waals surface area contributed by atoms with E-state index >= 15 is 0 Å². The lowest BCUT2D eigenvalue weighted by molar-refractivity contribution is -0.137. The minimum atomic E-state index is -0.855. The smallest absolute Gasteiger partial charge is 0.255 e. The number of hydrogen-bond acceptors (Lipinski definition) is 12. The Morgan fingerprint density at radius 3 is 2.37 bits per heavy atom. The highest BCUT2D eigenvalue weighted by atomic mass is 16.5. The number of nitrogens with zero attached hydrogens (tertiary/aromatic N) is 7. The second kappa shape index (κ2) is 18.2. The minimum absolute atomic E-state index is 0.000476. The molecule has 0 radical (unpaired) electrons. The fourth-order valence-corrected chi connectivity index (χ4v) is 10.2. The molecule has 4 fully saturated rings. The summed E-state index contributed by atoms with van der Waals surface area (Å²) in [4.78, 5) is 82.4. The molecule has 5 aromatic rings. The summed E-state index contributed by atoms with van der Waals surface area (Å²) in [7, 11) is 3.32. The van der Waals surface area contributed by atoms with E-state index in [1.807, 2.05) is 41.3 Å². The van der Waals surface area contributed by atoms with Gasteiger partial charge in [-0.3, -0.25) is 34.2 Å². The van der Waals surface area contributed by atoms with Crippen LogP contribution in [0.2, 0.25) is 0 Å². The number of pyridine rings is 1. The summed E-state index contributed by atoms with van der Waals surface area (Å²) in [5.41, 5.74) is 5.30. The number of aromatic nitrogens is 3. The van der Waals surface area contributed by atoms with Gasteiger partial charge in [0.15, 0.2) is 0 Å². The molecule has 6 heterocycles. The van der Waals surface area contributed by atoms with Crippen LogP contribution >= 0.6 is 0 Å². The maximum Gasteiger partial charge on any atom is 0.255 e. The molecule has 2 atom stereocenters. The number of rotatable bonds is 13. The molecule has 4 aliphatic heterocycles. The Bertz CT molecular complexity index is 2800. The summed E-state index contributed by atoms with van der Waals surface area (Å²) in [5, 5.41) is 6.51. The fraction of sp³-hybridized carbons (Fsp3) is 0.431. The Labute approximate surface area is 389 Å². The number of carbonyl (C=O) groups excluding carboxylic acids is 4. The average molecular weight is 908 g/mol. The molecule has 3 aromatic carbocycles. The van der Waals surface area contributed by atoms with Gasteiger partial charge < -0.3 is 34.1 Å². The van der Waals surface area contributed by atoms with Crippen LogP contribution in [0, 0.1) is 5.92 Å². The van der Waals surface area contributed by atoms with E-state index in [4.69, 9.17) is 19.4 Å². The van der Waals surface area contributed by atoms with Crippen molar-refractivity contribution in [3.8, 4) is 16.9 Å². The molecule has 5 aliphatic rings. The van der Waals surface area contributed by atoms with E-state index in [9.17, 15) is 24.0 Å². The summed E-state index contributed by atoms with van der Waals surface area (Å²) in [6, 6.07) is 22.7. The first-order valence-electron chi connectivity index (χ1n) is 23.5. The van der Waals surface area contributed by atoms with E-state index in [0.717, 1.165) is 97.3 Å². The monoisotopic (exact) mass is 907 g/mol. The molecule has 1 saturated carbocycles. The number of carbonyl (C=O) groups is 4. The van der Waals surface area contributed by atoms with E-state index < -0.39 is 17.6 Å². The van der Waals surface area contributed by atoms with Crippen LogP contribution in [0.25, 0.3) is 22.0 Å². The summed E-state index contributed by atoms with van der Waals surface area (Å²) in [6.07, 6.45) is 6.43. The van der Waals surface area contributed by atoms with E-state index in [1.165, 1.54) is 11.0 Å². The molecule has 16 nitrogen and oxygen atoms in total. The van der Waals surface area contributed by atoms with Gasteiger partial charge in [0, 0.05) is 106 Å². The van der Waals surface area contributed by atoms with Crippen LogP contribution in [0.1, 0.15) is 72.6 Å². The van der Waals surface area contributed by atoms with Gasteiger partial charge in [-0.15, -0.1) is 0 Å². The van der Waals surface area contributed by atoms with Crippen molar-refractivity contribution in [2.24, 2.45) is 13.0 Å². The molecule has 2 N–H and O–H groups in total. The third-order valence-corrected chi connectivity index (χ3v) is 14.3. The van der Waals surface area contributed by atoms with Gasteiger partial charge in [-0.05, 0) is 80.3 Å². The lowest BCUT2D eigenvalue weighted by Crippen LogP contribution is -2.52. The first kappa shape index (κ1) is 44.2. The van der Waals surface area contributed by atoms with Crippen molar-refractivity contribution < 1.29 is 28.7 Å². The van der Waals surface area contributed by atoms with Gasteiger partial charge in [-0.2, -0.15) is 0 Å². The summed E-state index contributed by atoms with van der Waals surface area (Å²) in [6.45, 7) is 7.94. The molecule has 2 aromatic heterocycles. The number of amides is 4. The molecule has 3 saturated heterocycles. The number of piperazine rings is 1. The number of aryl methyl sites for hydroxylation is 1. The second-order valence-corrected chi connectivity index (χ2v) is 18.7. The van der Waals surface area contributed by atoms with E-state index in [2.05, 4.69) is 45.6 Å². The Morgan fingerprint density at radius 1 is 0.866 bits per heavy atom. The molecule has 348 valence electrons. The number of imide groups is 1. The predicted octanol–water partition coefficient (Wildman–Crippen LogP) is 4.68. The Morgan fingerprint density at radius 2 is 1.64 bits per heavy atom. The van der Waals surface area contributed by atoms with Crippen LogP contribution in [0.3, 0.4) is 0 Å². The van der Waals surface area contributed by atoms with Crippen LogP contribution in [0.15, 0.2) is 83.8 Å². The van der Waals surface area contributed by atoms with Crippen molar-refractivity contribution in [1.82, 2.24) is 34.6 Å². The van der Waals surface area contributed by atoms with Crippen LogP contribution in [-0.2, 0) is 38.3 Å². The van der Waals surface area contributed by atoms with Gasteiger partial charge in [-0.25, -0.2) is 9.97 Å². The number of benzene rings is 3. The van der Waals surface area contributed by atoms with Crippen molar-refractivity contribution in [2.45, 2.75) is 69.7 Å². The number of nitrogens with one attached hydrogen (secondary N) is 2. The van der Waals surface area contributed by atoms with Crippen molar-refractivity contribution in [2.75, 3.05) is 69.7 Å². The van der Waals surface area contributed by atoms with E-state index in [0.29, 0.717) is 48.4 Å². The lowest BCUT2D eigenvalue weighted by atomic mass is 9.88. The highest BCUT2D eigenvalue weighted by Gasteiger charge is 2.42. The third kappa shape index (κ3) is 8.87. The number of fused-ring (bicyclic) bond motifs is 2. The molecular weight excluding hydrogens is 851 g/mol. The lowest BCUT2D eigenvalue weighted by Gasteiger charge is -2.39. The zero-order valence-electron chi connectivity index (χ0n) is 38.3. The number of hydrogen-bond donors (Lipinski definition) is 2. The molecule has 16 heteroatoms. The number of ether oxygens (including phenoxy) is 2. The first-order chi connectivity index (χ1) is 32.4. The van der Waals surface area contributed by atoms with E-state index in [-0.39, 0.29) is 48.9 Å². The van der Waals surface area contributed by atoms with Crippen molar-refractivity contribution >= 4 is 46.2 Å². The summed E-state index contributed by atoms with van der Waals surface area (Å²) in [5.74, 6) is 0.677. The average Bonchev–Trinajstić information content (AvgIpc) is 4.10. The van der Waals surface area contributed by atoms with Gasteiger partial charge in [0.1, 0.15) is 17.4 Å². The maximum absolute atomic E-state index is 13.5. The third-order valence-electron chi connectivity index (χ3n) is 14.3. The molecule has 4 amide bonds. The molecule has 2 unspecified atom stereocenters. The molecular formula is C51H57N9O7. The molecule has 0 spiro atoms. The quantitative estimate of drug-likeness (QED) is 0.157. The second-order valence-electron chi connectivity index (χ2n) is 18.7. The molecule has 67 heavy (non-hydrogen) atoms. The van der Waals surface area contributed by atoms with Gasteiger partial charge in [-0.1, -0.05) is 42.5 Å². The standard InChI is InChI=1S/C51H57N9O7/c1-51(67-35-13-14-35,34-8-5-4-6-9-34)47-37-26-33(38-30-56(2)45(62)27-43(38)66-3)12-15-41(37)53-50(55-47)59-20-18-32(19-21-59)29-57-22-24-58(25-23-57)46(63)28-52-40-11-7-10-36-39(40)31-60(49(36)65)42-16-17-44(61)54-48(42)64/h4-12,15,26-27,30,32,35,42,52H,13-14,16-25,28-29,31H2,1-3H3,(H,54,61,64). The Hall–Kier alpha value is -6.65.